The molecule has 0 aromatic rings. The van der Waals surface area contributed by atoms with E-state index in [-0.39, 0.29) is 4.65 Å². The van der Waals surface area contributed by atoms with Crippen LogP contribution in [0.25, 0.3) is 0 Å². The molecule has 5 nitrogen and oxygen atoms in total. The maximum Gasteiger partial charge on any atom is 0.324 e. The summed E-state index contributed by atoms with van der Waals surface area (Å²) < 4.78 is 0.124. The van der Waals surface area contributed by atoms with Crippen LogP contribution in [0.4, 0.5) is 0 Å². The molecule has 0 aliphatic rings. The molecule has 0 saturated heterocycles. The molecule has 0 aliphatic carbocycles. The van der Waals surface area contributed by atoms with Gasteiger partial charge in [0, 0.05) is 0 Å². The average molecular weight is 397 g/mol. The zero-order valence-electron chi connectivity index (χ0n) is 17.7. The summed E-state index contributed by atoms with van der Waals surface area (Å²) in [5, 5.41) is 9.57. The molecule has 0 aromatic heterocycles. The minimum absolute atomic E-state index is 0.124. The SMILES string of the molecule is CCCCCCCCCCCCCCCCCC[N+](C)(C)O.OP(O)O. The number of hydrogen-bond donors (Lipinski definition) is 4. The molecule has 26 heavy (non-hydrogen) atoms. The van der Waals surface area contributed by atoms with Crippen LogP contribution in [0.2, 0.25) is 0 Å². The minimum Gasteiger partial charge on any atom is -0.328 e. The summed E-state index contributed by atoms with van der Waals surface area (Å²) in [6.07, 6.45) is 22.4. The lowest BCUT2D eigenvalue weighted by Gasteiger charge is -2.18. The fourth-order valence-corrected chi connectivity index (χ4v) is 3.05. The number of hydrogen-bond acceptors (Lipinski definition) is 4. The number of unbranched alkanes of at least 4 members (excludes halogenated alkanes) is 15. The Morgan fingerprint density at radius 2 is 0.769 bits per heavy atom. The zero-order chi connectivity index (χ0) is 20.1. The van der Waals surface area contributed by atoms with Gasteiger partial charge in [0.2, 0.25) is 0 Å². The van der Waals surface area contributed by atoms with Gasteiger partial charge in [-0.3, -0.25) is 0 Å². The summed E-state index contributed by atoms with van der Waals surface area (Å²) in [5.41, 5.74) is 0. The minimum atomic E-state index is -2.62. The van der Waals surface area contributed by atoms with Crippen molar-refractivity contribution in [1.82, 2.24) is 0 Å². The van der Waals surface area contributed by atoms with Gasteiger partial charge in [-0.15, -0.1) is 0 Å². The van der Waals surface area contributed by atoms with Crippen LogP contribution in [-0.2, 0) is 0 Å². The number of quaternary nitrogens is 1. The van der Waals surface area contributed by atoms with Crippen molar-refractivity contribution >= 4 is 8.60 Å². The van der Waals surface area contributed by atoms with E-state index < -0.39 is 8.60 Å². The molecule has 0 fully saturated rings. The van der Waals surface area contributed by atoms with Crippen LogP contribution in [0.3, 0.4) is 0 Å². The van der Waals surface area contributed by atoms with Gasteiger partial charge in [-0.1, -0.05) is 96.8 Å². The van der Waals surface area contributed by atoms with Gasteiger partial charge in [0.15, 0.2) is 0 Å². The van der Waals surface area contributed by atoms with Gasteiger partial charge in [-0.2, -0.15) is 4.65 Å². The molecule has 0 radical (unpaired) electrons. The first-order chi connectivity index (χ1) is 12.3. The molecule has 0 amide bonds. The molecule has 0 saturated carbocycles. The quantitative estimate of drug-likeness (QED) is 0.107. The highest BCUT2D eigenvalue weighted by Gasteiger charge is 2.08. The third kappa shape index (κ3) is 35.4. The molecule has 0 rings (SSSR count). The van der Waals surface area contributed by atoms with E-state index in [0.29, 0.717) is 0 Å². The second-order valence-electron chi connectivity index (χ2n) is 7.92. The van der Waals surface area contributed by atoms with E-state index in [2.05, 4.69) is 6.92 Å². The topological polar surface area (TPSA) is 80.9 Å². The van der Waals surface area contributed by atoms with Crippen LogP contribution in [0.5, 0.6) is 0 Å². The molecule has 0 aromatic carbocycles. The predicted octanol–water partition coefficient (Wildman–Crippen LogP) is 5.90. The normalized spacial score (nSPS) is 11.5. The van der Waals surface area contributed by atoms with Crippen LogP contribution in [-0.4, -0.2) is 45.2 Å². The number of rotatable bonds is 17. The summed E-state index contributed by atoms with van der Waals surface area (Å²) in [4.78, 5) is 21.7. The monoisotopic (exact) mass is 396 g/mol. The fourth-order valence-electron chi connectivity index (χ4n) is 3.05. The molecule has 160 valence electrons. The zero-order valence-corrected chi connectivity index (χ0v) is 18.6. The number of nitrogens with zero attached hydrogens (tertiary/aromatic N) is 1. The molecule has 4 N–H and O–H groups in total. The predicted molar refractivity (Wildman–Crippen MR) is 112 cm³/mol. The van der Waals surface area contributed by atoms with Crippen molar-refractivity contribution in [2.45, 2.75) is 110 Å². The second-order valence-corrected chi connectivity index (χ2v) is 8.45. The molecule has 0 atom stereocenters. The molecule has 0 bridgehead atoms. The Labute approximate surface area is 164 Å². The molecule has 0 heterocycles. The lowest BCUT2D eigenvalue weighted by atomic mass is 10.0. The average Bonchev–Trinajstić information content (AvgIpc) is 2.53. The third-order valence-electron chi connectivity index (χ3n) is 4.56. The smallest absolute Gasteiger partial charge is 0.324 e. The van der Waals surface area contributed by atoms with Crippen molar-refractivity contribution in [3.05, 3.63) is 0 Å². The van der Waals surface area contributed by atoms with E-state index in [1.807, 2.05) is 14.1 Å². The van der Waals surface area contributed by atoms with Crippen molar-refractivity contribution in [2.75, 3.05) is 20.6 Å². The van der Waals surface area contributed by atoms with Gasteiger partial charge < -0.3 is 14.7 Å². The summed E-state index contributed by atoms with van der Waals surface area (Å²) in [5.74, 6) is 0. The van der Waals surface area contributed by atoms with Crippen LogP contribution in [0.1, 0.15) is 110 Å². The summed E-state index contributed by atoms with van der Waals surface area (Å²) in [7, 11) is 1.08. The van der Waals surface area contributed by atoms with Crippen molar-refractivity contribution in [2.24, 2.45) is 0 Å². The van der Waals surface area contributed by atoms with Gasteiger partial charge in [-0.25, -0.2) is 5.21 Å². The highest BCUT2D eigenvalue weighted by molar-refractivity contribution is 7.38. The molecular weight excluding hydrogens is 349 g/mol. The Balaban J connectivity index is 0. The molecule has 0 unspecified atom stereocenters. The molecule has 0 aliphatic heterocycles. The van der Waals surface area contributed by atoms with Crippen molar-refractivity contribution < 1.29 is 24.5 Å². The van der Waals surface area contributed by atoms with E-state index in [0.717, 1.165) is 13.0 Å². The van der Waals surface area contributed by atoms with Crippen molar-refractivity contribution in [1.29, 1.82) is 0 Å². The van der Waals surface area contributed by atoms with E-state index in [9.17, 15) is 5.21 Å². The fraction of sp³-hybridized carbons (Fsp3) is 1.00. The maximum absolute atomic E-state index is 9.57. The highest BCUT2D eigenvalue weighted by atomic mass is 31.2. The Morgan fingerprint density at radius 1 is 0.538 bits per heavy atom. The highest BCUT2D eigenvalue weighted by Crippen LogP contribution is 2.14. The largest absolute Gasteiger partial charge is 0.328 e. The van der Waals surface area contributed by atoms with Crippen LogP contribution in [0.15, 0.2) is 0 Å². The van der Waals surface area contributed by atoms with Gasteiger partial charge in [0.1, 0.15) is 6.54 Å². The Morgan fingerprint density at radius 3 is 1.00 bits per heavy atom. The third-order valence-corrected chi connectivity index (χ3v) is 4.56. The van der Waals surface area contributed by atoms with Crippen LogP contribution < -0.4 is 0 Å². The van der Waals surface area contributed by atoms with Gasteiger partial charge in [0.05, 0.1) is 14.1 Å². The maximum atomic E-state index is 9.57. The van der Waals surface area contributed by atoms with Gasteiger partial charge in [0.25, 0.3) is 0 Å². The second kappa shape index (κ2) is 21.5. The Kier molecular flexibility index (Phi) is 23.5. The summed E-state index contributed by atoms with van der Waals surface area (Å²) in [6.45, 7) is 3.17. The Hall–Kier alpha value is 0.230. The van der Waals surface area contributed by atoms with Crippen LogP contribution >= 0.6 is 8.60 Å². The van der Waals surface area contributed by atoms with Gasteiger partial charge >= 0.3 is 8.60 Å². The first kappa shape index (κ1) is 28.4. The molecular formula is C20H47NO4P+. The first-order valence-corrected chi connectivity index (χ1v) is 11.9. The number of hydroxylamine groups is 3. The Bertz CT molecular complexity index is 258. The first-order valence-electron chi connectivity index (χ1n) is 10.7. The molecule has 0 spiro atoms. The summed E-state index contributed by atoms with van der Waals surface area (Å²) in [6, 6.07) is 0. The summed E-state index contributed by atoms with van der Waals surface area (Å²) >= 11 is 0. The van der Waals surface area contributed by atoms with E-state index in [4.69, 9.17) is 14.7 Å². The van der Waals surface area contributed by atoms with E-state index >= 15 is 0 Å². The van der Waals surface area contributed by atoms with Crippen molar-refractivity contribution in [3.8, 4) is 0 Å². The van der Waals surface area contributed by atoms with E-state index in [1.165, 1.54) is 96.3 Å². The standard InChI is InChI=1S/C20H44NO.H3O3P/c1-4-5-6-7-8-9-10-11-12-13-14-15-16-17-18-19-20-21(2,3)22;1-4(2)3/h22H,4-20H2,1-3H3;1-3H/q+1;. The van der Waals surface area contributed by atoms with Gasteiger partial charge in [-0.05, 0) is 12.8 Å². The van der Waals surface area contributed by atoms with Crippen LogP contribution in [0, 0.1) is 0 Å². The lowest BCUT2D eigenvalue weighted by molar-refractivity contribution is -1.07. The molecule has 6 heteroatoms. The van der Waals surface area contributed by atoms with Crippen molar-refractivity contribution in [3.63, 3.8) is 0 Å². The lowest BCUT2D eigenvalue weighted by Crippen LogP contribution is -2.36. The van der Waals surface area contributed by atoms with E-state index in [1.54, 1.807) is 0 Å².